The molecule has 1 aliphatic rings. The SMILES string of the molecule is C[C@@H](NC(=O)CC(c1cc2c(cc1O)OCO2)c1coc2ccccc2c1=O)C(N)=O. The summed E-state index contributed by atoms with van der Waals surface area (Å²) in [5.74, 6) is -1.53. The van der Waals surface area contributed by atoms with Crippen LogP contribution in [0.4, 0.5) is 0 Å². The Balaban J connectivity index is 1.81. The van der Waals surface area contributed by atoms with Crippen molar-refractivity contribution in [1.82, 2.24) is 5.32 Å². The van der Waals surface area contributed by atoms with Crippen molar-refractivity contribution in [3.63, 3.8) is 0 Å². The summed E-state index contributed by atoms with van der Waals surface area (Å²) in [6.07, 6.45) is 1.04. The zero-order valence-corrected chi connectivity index (χ0v) is 16.6. The highest BCUT2D eigenvalue weighted by Gasteiger charge is 2.29. The fraction of sp³-hybridized carbons (Fsp3) is 0.227. The molecule has 0 bridgehead atoms. The molecular weight excluding hydrogens is 404 g/mol. The Labute approximate surface area is 176 Å². The van der Waals surface area contributed by atoms with Crippen LogP contribution < -0.4 is 26.0 Å². The molecule has 2 amide bonds. The Morgan fingerprint density at radius 2 is 1.87 bits per heavy atom. The molecule has 1 unspecified atom stereocenters. The largest absolute Gasteiger partial charge is 0.508 e. The van der Waals surface area contributed by atoms with E-state index in [0.717, 1.165) is 0 Å². The van der Waals surface area contributed by atoms with Crippen LogP contribution in [0.25, 0.3) is 11.0 Å². The lowest BCUT2D eigenvalue weighted by Crippen LogP contribution is -2.42. The van der Waals surface area contributed by atoms with Crippen molar-refractivity contribution in [3.05, 3.63) is 64.0 Å². The molecule has 9 heteroatoms. The van der Waals surface area contributed by atoms with Crippen molar-refractivity contribution < 1.29 is 28.6 Å². The Morgan fingerprint density at radius 1 is 1.16 bits per heavy atom. The molecule has 0 saturated carbocycles. The maximum atomic E-state index is 13.2. The molecule has 2 atom stereocenters. The monoisotopic (exact) mass is 424 g/mol. The minimum absolute atomic E-state index is 0.00236. The van der Waals surface area contributed by atoms with E-state index in [1.807, 2.05) is 0 Å². The van der Waals surface area contributed by atoms with Crippen LogP contribution >= 0.6 is 0 Å². The summed E-state index contributed by atoms with van der Waals surface area (Å²) in [6, 6.07) is 8.73. The number of primary amides is 1. The molecule has 4 rings (SSSR count). The van der Waals surface area contributed by atoms with Crippen LogP contribution in [0.15, 0.2) is 51.9 Å². The third-order valence-corrected chi connectivity index (χ3v) is 5.17. The molecule has 160 valence electrons. The van der Waals surface area contributed by atoms with Crippen LogP contribution in [0, 0.1) is 0 Å². The van der Waals surface area contributed by atoms with Gasteiger partial charge >= 0.3 is 0 Å². The van der Waals surface area contributed by atoms with E-state index in [-0.39, 0.29) is 35.5 Å². The molecule has 4 N–H and O–H groups in total. The van der Waals surface area contributed by atoms with Gasteiger partial charge in [-0.25, -0.2) is 0 Å². The molecule has 1 aliphatic heterocycles. The van der Waals surface area contributed by atoms with Crippen molar-refractivity contribution in [2.24, 2.45) is 5.73 Å². The smallest absolute Gasteiger partial charge is 0.239 e. The van der Waals surface area contributed by atoms with Gasteiger partial charge in [0, 0.05) is 29.5 Å². The predicted molar refractivity (Wildman–Crippen MR) is 110 cm³/mol. The van der Waals surface area contributed by atoms with E-state index >= 15 is 0 Å². The summed E-state index contributed by atoms with van der Waals surface area (Å²) in [4.78, 5) is 37.2. The van der Waals surface area contributed by atoms with Crippen LogP contribution in [0.2, 0.25) is 0 Å². The van der Waals surface area contributed by atoms with Gasteiger partial charge in [0.2, 0.25) is 18.6 Å². The predicted octanol–water partition coefficient (Wildman–Crippen LogP) is 1.74. The number of ether oxygens (including phenoxy) is 2. The Morgan fingerprint density at radius 3 is 2.61 bits per heavy atom. The second-order valence-corrected chi connectivity index (χ2v) is 7.23. The van der Waals surface area contributed by atoms with Crippen molar-refractivity contribution in [3.8, 4) is 17.2 Å². The summed E-state index contributed by atoms with van der Waals surface area (Å²) >= 11 is 0. The van der Waals surface area contributed by atoms with E-state index < -0.39 is 23.8 Å². The van der Waals surface area contributed by atoms with Gasteiger partial charge in [0.25, 0.3) is 0 Å². The first kappa shape index (κ1) is 20.3. The number of fused-ring (bicyclic) bond motifs is 2. The van der Waals surface area contributed by atoms with Crippen LogP contribution in [0.1, 0.15) is 30.4 Å². The number of aromatic hydroxyl groups is 1. The van der Waals surface area contributed by atoms with E-state index in [2.05, 4.69) is 5.32 Å². The minimum Gasteiger partial charge on any atom is -0.508 e. The summed E-state index contributed by atoms with van der Waals surface area (Å²) in [6.45, 7) is 1.45. The van der Waals surface area contributed by atoms with Gasteiger partial charge in [-0.1, -0.05) is 12.1 Å². The molecule has 2 aromatic carbocycles. The van der Waals surface area contributed by atoms with Crippen LogP contribution in [-0.2, 0) is 9.59 Å². The van der Waals surface area contributed by atoms with Crippen LogP contribution in [0.5, 0.6) is 17.2 Å². The number of hydrogen-bond acceptors (Lipinski definition) is 7. The third-order valence-electron chi connectivity index (χ3n) is 5.17. The molecule has 9 nitrogen and oxygen atoms in total. The molecule has 0 saturated heterocycles. The van der Waals surface area contributed by atoms with Gasteiger partial charge < -0.3 is 30.0 Å². The first-order valence-electron chi connectivity index (χ1n) is 9.56. The topological polar surface area (TPSA) is 141 Å². The molecule has 1 aromatic heterocycles. The molecule has 0 fully saturated rings. The maximum absolute atomic E-state index is 13.2. The summed E-state index contributed by atoms with van der Waals surface area (Å²) < 4.78 is 16.3. The number of phenols is 1. The van der Waals surface area contributed by atoms with Crippen molar-refractivity contribution >= 4 is 22.8 Å². The number of nitrogens with two attached hydrogens (primary N) is 1. The number of carbonyl (C=O) groups excluding carboxylic acids is 2. The van der Waals surface area contributed by atoms with Crippen LogP contribution in [-0.4, -0.2) is 29.8 Å². The first-order chi connectivity index (χ1) is 14.8. The molecule has 0 radical (unpaired) electrons. The highest BCUT2D eigenvalue weighted by Crippen LogP contribution is 2.42. The zero-order valence-electron chi connectivity index (χ0n) is 16.6. The Bertz CT molecular complexity index is 1230. The van der Waals surface area contributed by atoms with E-state index in [1.54, 1.807) is 24.3 Å². The average Bonchev–Trinajstić information content (AvgIpc) is 3.19. The van der Waals surface area contributed by atoms with Gasteiger partial charge in [0.1, 0.15) is 17.4 Å². The first-order valence-corrected chi connectivity index (χ1v) is 9.56. The summed E-state index contributed by atoms with van der Waals surface area (Å²) in [7, 11) is 0. The minimum atomic E-state index is -0.897. The number of nitrogens with one attached hydrogen (secondary N) is 1. The van der Waals surface area contributed by atoms with E-state index in [1.165, 1.54) is 25.3 Å². The second kappa shape index (κ2) is 8.02. The van der Waals surface area contributed by atoms with Crippen molar-refractivity contribution in [2.45, 2.75) is 25.3 Å². The lowest BCUT2D eigenvalue weighted by atomic mass is 9.87. The van der Waals surface area contributed by atoms with Crippen LogP contribution in [0.3, 0.4) is 0 Å². The fourth-order valence-electron chi connectivity index (χ4n) is 3.50. The van der Waals surface area contributed by atoms with E-state index in [0.29, 0.717) is 22.5 Å². The average molecular weight is 424 g/mol. The maximum Gasteiger partial charge on any atom is 0.239 e. The molecule has 0 spiro atoms. The van der Waals surface area contributed by atoms with Crippen molar-refractivity contribution in [2.75, 3.05) is 6.79 Å². The highest BCUT2D eigenvalue weighted by molar-refractivity contribution is 5.87. The number of carbonyl (C=O) groups is 2. The van der Waals surface area contributed by atoms with Gasteiger partial charge in [-0.2, -0.15) is 0 Å². The highest BCUT2D eigenvalue weighted by atomic mass is 16.7. The number of hydrogen-bond donors (Lipinski definition) is 3. The lowest BCUT2D eigenvalue weighted by molar-refractivity contribution is -0.127. The molecule has 31 heavy (non-hydrogen) atoms. The van der Waals surface area contributed by atoms with Gasteiger partial charge in [-0.05, 0) is 25.1 Å². The van der Waals surface area contributed by atoms with Gasteiger partial charge in [0.05, 0.1) is 11.6 Å². The number of phenolic OH excluding ortho intramolecular Hbond substituents is 1. The number of amides is 2. The normalized spacial score (nSPS) is 14.2. The third kappa shape index (κ3) is 3.89. The van der Waals surface area contributed by atoms with Gasteiger partial charge in [-0.3, -0.25) is 14.4 Å². The molecule has 2 heterocycles. The van der Waals surface area contributed by atoms with E-state index in [9.17, 15) is 19.5 Å². The van der Waals surface area contributed by atoms with Gasteiger partial charge in [0.15, 0.2) is 16.9 Å². The van der Waals surface area contributed by atoms with E-state index in [4.69, 9.17) is 19.6 Å². The summed E-state index contributed by atoms with van der Waals surface area (Å²) in [5, 5.41) is 13.5. The fourth-order valence-corrected chi connectivity index (χ4v) is 3.50. The molecule has 0 aliphatic carbocycles. The second-order valence-electron chi connectivity index (χ2n) is 7.23. The lowest BCUT2D eigenvalue weighted by Gasteiger charge is -2.20. The Hall–Kier alpha value is -4.01. The van der Waals surface area contributed by atoms with Gasteiger partial charge in [-0.15, -0.1) is 0 Å². The summed E-state index contributed by atoms with van der Waals surface area (Å²) in [5.41, 5.74) is 5.75. The number of para-hydroxylation sites is 1. The standard InChI is InChI=1S/C22H20N2O7/c1-11(22(23)28)24-20(26)7-13(14-6-18-19(8-16(14)25)31-10-30-18)15-9-29-17-5-3-2-4-12(17)21(15)27/h2-6,8-9,11,13,25H,7,10H2,1H3,(H2,23,28)(H,24,26)/t11-,13?/m1/s1. The zero-order chi connectivity index (χ0) is 22.1. The Kier molecular flexibility index (Phi) is 5.24. The quantitative estimate of drug-likeness (QED) is 0.547. The number of benzene rings is 2. The number of rotatable bonds is 6. The molecule has 3 aromatic rings. The van der Waals surface area contributed by atoms with Crippen molar-refractivity contribution in [1.29, 1.82) is 0 Å². The molecular formula is C22H20N2O7.